The molecule has 20 heavy (non-hydrogen) atoms. The SMILES string of the molecule is CCC(N)Cc1cnc(N(C)C2CCCCC2)c(C)c1. The van der Waals surface area contributed by atoms with Gasteiger partial charge in [-0.3, -0.25) is 0 Å². The van der Waals surface area contributed by atoms with Crippen molar-refractivity contribution in [2.75, 3.05) is 11.9 Å². The van der Waals surface area contributed by atoms with Crippen LogP contribution in [-0.2, 0) is 6.42 Å². The Morgan fingerprint density at radius 2 is 2.05 bits per heavy atom. The van der Waals surface area contributed by atoms with Crippen molar-refractivity contribution in [2.45, 2.75) is 70.9 Å². The Hall–Kier alpha value is -1.09. The molecule has 2 rings (SSSR count). The molecule has 0 aromatic carbocycles. The highest BCUT2D eigenvalue weighted by atomic mass is 15.2. The van der Waals surface area contributed by atoms with Crippen LogP contribution < -0.4 is 10.6 Å². The van der Waals surface area contributed by atoms with Gasteiger partial charge < -0.3 is 10.6 Å². The summed E-state index contributed by atoms with van der Waals surface area (Å²) in [6.45, 7) is 4.30. The van der Waals surface area contributed by atoms with Crippen molar-refractivity contribution in [2.24, 2.45) is 5.73 Å². The lowest BCUT2D eigenvalue weighted by Crippen LogP contribution is -2.34. The third kappa shape index (κ3) is 3.72. The molecular weight excluding hydrogens is 246 g/mol. The molecule has 1 aromatic heterocycles. The van der Waals surface area contributed by atoms with Gasteiger partial charge in [0, 0.05) is 25.3 Å². The minimum Gasteiger partial charge on any atom is -0.356 e. The Bertz CT molecular complexity index is 424. The van der Waals surface area contributed by atoms with Crippen molar-refractivity contribution >= 4 is 5.82 Å². The van der Waals surface area contributed by atoms with Crippen molar-refractivity contribution in [3.05, 3.63) is 23.4 Å². The summed E-state index contributed by atoms with van der Waals surface area (Å²) >= 11 is 0. The van der Waals surface area contributed by atoms with Crippen molar-refractivity contribution in [1.82, 2.24) is 4.98 Å². The summed E-state index contributed by atoms with van der Waals surface area (Å²) < 4.78 is 0. The Morgan fingerprint density at radius 1 is 1.35 bits per heavy atom. The zero-order chi connectivity index (χ0) is 14.5. The van der Waals surface area contributed by atoms with E-state index in [0.29, 0.717) is 6.04 Å². The van der Waals surface area contributed by atoms with E-state index in [1.807, 2.05) is 6.20 Å². The number of pyridine rings is 1. The molecule has 1 aliphatic rings. The first-order valence-corrected chi connectivity index (χ1v) is 8.05. The van der Waals surface area contributed by atoms with Crippen molar-refractivity contribution in [3.8, 4) is 0 Å². The summed E-state index contributed by atoms with van der Waals surface area (Å²) in [5.41, 5.74) is 8.57. The Labute approximate surface area is 123 Å². The molecule has 2 N–H and O–H groups in total. The van der Waals surface area contributed by atoms with E-state index < -0.39 is 0 Å². The van der Waals surface area contributed by atoms with Gasteiger partial charge in [-0.05, 0) is 43.7 Å². The lowest BCUT2D eigenvalue weighted by molar-refractivity contribution is 0.425. The molecule has 0 amide bonds. The van der Waals surface area contributed by atoms with Crippen molar-refractivity contribution in [3.63, 3.8) is 0 Å². The van der Waals surface area contributed by atoms with Gasteiger partial charge in [0.1, 0.15) is 5.82 Å². The van der Waals surface area contributed by atoms with Gasteiger partial charge in [0.05, 0.1) is 0 Å². The zero-order valence-corrected chi connectivity index (χ0v) is 13.2. The highest BCUT2D eigenvalue weighted by Crippen LogP contribution is 2.27. The smallest absolute Gasteiger partial charge is 0.131 e. The lowest BCUT2D eigenvalue weighted by atomic mass is 9.94. The molecule has 3 heteroatoms. The largest absolute Gasteiger partial charge is 0.356 e. The van der Waals surface area contributed by atoms with Gasteiger partial charge in [-0.15, -0.1) is 0 Å². The maximum absolute atomic E-state index is 6.03. The molecule has 112 valence electrons. The van der Waals surface area contributed by atoms with Crippen LogP contribution in [0, 0.1) is 6.92 Å². The quantitative estimate of drug-likeness (QED) is 0.895. The molecule has 1 atom stereocenters. The number of aryl methyl sites for hydroxylation is 1. The van der Waals surface area contributed by atoms with Crippen molar-refractivity contribution in [1.29, 1.82) is 0 Å². The summed E-state index contributed by atoms with van der Waals surface area (Å²) in [6.07, 6.45) is 10.7. The number of rotatable bonds is 5. The first-order chi connectivity index (χ1) is 9.61. The van der Waals surface area contributed by atoms with Gasteiger partial charge in [0.2, 0.25) is 0 Å². The maximum atomic E-state index is 6.03. The lowest BCUT2D eigenvalue weighted by Gasteiger charge is -2.33. The second-order valence-corrected chi connectivity index (χ2v) is 6.26. The van der Waals surface area contributed by atoms with Crippen LogP contribution >= 0.6 is 0 Å². The van der Waals surface area contributed by atoms with Crippen LogP contribution in [0.4, 0.5) is 5.82 Å². The number of anilines is 1. The highest BCUT2D eigenvalue weighted by Gasteiger charge is 2.20. The molecule has 0 bridgehead atoms. The molecule has 1 heterocycles. The standard InChI is InChI=1S/C17H29N3/c1-4-15(18)11-14-10-13(2)17(19-12-14)20(3)16-8-6-5-7-9-16/h10,12,15-16H,4-9,11,18H2,1-3H3. The van der Waals surface area contributed by atoms with Crippen LogP contribution in [0.15, 0.2) is 12.3 Å². The highest BCUT2D eigenvalue weighted by molar-refractivity contribution is 5.47. The zero-order valence-electron chi connectivity index (χ0n) is 13.2. The van der Waals surface area contributed by atoms with Crippen molar-refractivity contribution < 1.29 is 0 Å². The maximum Gasteiger partial charge on any atom is 0.131 e. The van der Waals surface area contributed by atoms with Gasteiger partial charge in [0.25, 0.3) is 0 Å². The first kappa shape index (κ1) is 15.3. The number of nitrogens with zero attached hydrogens (tertiary/aromatic N) is 2. The van der Waals surface area contributed by atoms with Crippen LogP contribution in [0.3, 0.4) is 0 Å². The van der Waals surface area contributed by atoms with E-state index in [1.54, 1.807) is 0 Å². The van der Waals surface area contributed by atoms with E-state index in [9.17, 15) is 0 Å². The monoisotopic (exact) mass is 275 g/mol. The van der Waals surface area contributed by atoms with Crippen LogP contribution in [0.5, 0.6) is 0 Å². The molecule has 0 saturated heterocycles. The molecular formula is C17H29N3. The molecule has 0 radical (unpaired) electrons. The molecule has 1 fully saturated rings. The van der Waals surface area contributed by atoms with E-state index >= 15 is 0 Å². The molecule has 1 unspecified atom stereocenters. The van der Waals surface area contributed by atoms with Gasteiger partial charge in [-0.1, -0.05) is 32.3 Å². The second-order valence-electron chi connectivity index (χ2n) is 6.26. The van der Waals surface area contributed by atoms with Gasteiger partial charge in [-0.2, -0.15) is 0 Å². The summed E-state index contributed by atoms with van der Waals surface area (Å²) in [6, 6.07) is 3.17. The minimum atomic E-state index is 0.248. The number of nitrogens with two attached hydrogens (primary N) is 1. The second kappa shape index (κ2) is 7.07. The van der Waals surface area contributed by atoms with E-state index in [0.717, 1.165) is 18.7 Å². The fourth-order valence-electron chi connectivity index (χ4n) is 3.20. The summed E-state index contributed by atoms with van der Waals surface area (Å²) in [4.78, 5) is 7.10. The third-order valence-electron chi connectivity index (χ3n) is 4.59. The number of hydrogen-bond donors (Lipinski definition) is 1. The summed E-state index contributed by atoms with van der Waals surface area (Å²) in [5, 5.41) is 0. The van der Waals surface area contributed by atoms with Crippen LogP contribution in [-0.4, -0.2) is 24.1 Å². The average molecular weight is 275 g/mol. The first-order valence-electron chi connectivity index (χ1n) is 8.05. The summed E-state index contributed by atoms with van der Waals surface area (Å²) in [7, 11) is 2.20. The Kier molecular flexibility index (Phi) is 5.41. The topological polar surface area (TPSA) is 42.1 Å². The van der Waals surface area contributed by atoms with Gasteiger partial charge in [-0.25, -0.2) is 4.98 Å². The van der Waals surface area contributed by atoms with E-state index in [-0.39, 0.29) is 6.04 Å². The molecule has 0 aliphatic heterocycles. The van der Waals surface area contributed by atoms with Gasteiger partial charge in [0.15, 0.2) is 0 Å². The molecule has 1 saturated carbocycles. The summed E-state index contributed by atoms with van der Waals surface area (Å²) in [5.74, 6) is 1.14. The molecule has 1 aromatic rings. The third-order valence-corrected chi connectivity index (χ3v) is 4.59. The van der Waals surface area contributed by atoms with Crippen LogP contribution in [0.25, 0.3) is 0 Å². The fourth-order valence-corrected chi connectivity index (χ4v) is 3.20. The number of hydrogen-bond acceptors (Lipinski definition) is 3. The van der Waals surface area contributed by atoms with Gasteiger partial charge >= 0.3 is 0 Å². The molecule has 3 nitrogen and oxygen atoms in total. The van der Waals surface area contributed by atoms with Crippen LogP contribution in [0.1, 0.15) is 56.6 Å². The number of aromatic nitrogens is 1. The predicted molar refractivity (Wildman–Crippen MR) is 86.2 cm³/mol. The Balaban J connectivity index is 2.08. The molecule has 1 aliphatic carbocycles. The Morgan fingerprint density at radius 3 is 2.65 bits per heavy atom. The predicted octanol–water partition coefficient (Wildman–Crippen LogP) is 3.44. The van der Waals surface area contributed by atoms with Crippen LogP contribution in [0.2, 0.25) is 0 Å². The van der Waals surface area contributed by atoms with E-state index in [2.05, 4.69) is 31.9 Å². The minimum absolute atomic E-state index is 0.248. The molecule has 0 spiro atoms. The normalized spacial score (nSPS) is 18.0. The van der Waals surface area contributed by atoms with E-state index in [4.69, 9.17) is 10.7 Å². The fraction of sp³-hybridized carbons (Fsp3) is 0.706. The van der Waals surface area contributed by atoms with E-state index in [1.165, 1.54) is 43.2 Å². The average Bonchev–Trinajstić information content (AvgIpc) is 2.47.